The molecule has 0 saturated carbocycles. The van der Waals surface area contributed by atoms with E-state index >= 15 is 0 Å². The topological polar surface area (TPSA) is 29.3 Å². The van der Waals surface area contributed by atoms with E-state index in [1.807, 2.05) is 19.0 Å². The number of halogens is 1. The average molecular weight is 134 g/mol. The summed E-state index contributed by atoms with van der Waals surface area (Å²) in [7, 11) is 3.70. The summed E-state index contributed by atoms with van der Waals surface area (Å²) in [6, 6.07) is 0. The molecule has 1 atom stereocenters. The molecule has 2 nitrogen and oxygen atoms in total. The molecule has 0 bridgehead atoms. The summed E-state index contributed by atoms with van der Waals surface area (Å²) in [5, 5.41) is 0. The van der Waals surface area contributed by atoms with Gasteiger partial charge in [-0.2, -0.15) is 0 Å². The number of hydrogen-bond donors (Lipinski definition) is 1. The largest absolute Gasteiger partial charge is 0.330 e. The van der Waals surface area contributed by atoms with Gasteiger partial charge in [0, 0.05) is 6.54 Å². The Morgan fingerprint density at radius 1 is 1.56 bits per heavy atom. The van der Waals surface area contributed by atoms with Crippen molar-refractivity contribution in [1.29, 1.82) is 0 Å². The van der Waals surface area contributed by atoms with Gasteiger partial charge in [-0.1, -0.05) is 0 Å². The van der Waals surface area contributed by atoms with Crippen LogP contribution in [-0.2, 0) is 0 Å². The first-order chi connectivity index (χ1) is 4.16. The second-order valence-corrected chi connectivity index (χ2v) is 2.44. The molecule has 0 aromatic heterocycles. The van der Waals surface area contributed by atoms with Crippen LogP contribution in [0.15, 0.2) is 0 Å². The van der Waals surface area contributed by atoms with Gasteiger partial charge in [0.2, 0.25) is 0 Å². The van der Waals surface area contributed by atoms with Crippen LogP contribution in [0.4, 0.5) is 4.39 Å². The molecule has 0 spiro atoms. The number of rotatable bonds is 4. The molecule has 9 heavy (non-hydrogen) atoms. The van der Waals surface area contributed by atoms with Crippen molar-refractivity contribution in [2.24, 2.45) is 5.73 Å². The Hall–Kier alpha value is -0.150. The molecular formula is C6H15FN2. The summed E-state index contributed by atoms with van der Waals surface area (Å²) in [4.78, 5) is 1.82. The second-order valence-electron chi connectivity index (χ2n) is 2.44. The third kappa shape index (κ3) is 5.73. The summed E-state index contributed by atoms with van der Waals surface area (Å²) >= 11 is 0. The highest BCUT2D eigenvalue weighted by Gasteiger charge is 2.04. The van der Waals surface area contributed by atoms with Crippen LogP contribution in [0.5, 0.6) is 0 Å². The molecule has 56 valence electrons. The van der Waals surface area contributed by atoms with Crippen LogP contribution in [0.25, 0.3) is 0 Å². The molecule has 0 fully saturated rings. The highest BCUT2D eigenvalue weighted by Crippen LogP contribution is 1.96. The van der Waals surface area contributed by atoms with Gasteiger partial charge < -0.3 is 10.6 Å². The van der Waals surface area contributed by atoms with E-state index in [-0.39, 0.29) is 0 Å². The van der Waals surface area contributed by atoms with Crippen molar-refractivity contribution in [1.82, 2.24) is 4.90 Å². The minimum absolute atomic E-state index is 0.439. The van der Waals surface area contributed by atoms with Crippen LogP contribution in [0.2, 0.25) is 0 Å². The molecule has 0 aliphatic carbocycles. The zero-order valence-corrected chi connectivity index (χ0v) is 6.10. The Morgan fingerprint density at radius 3 is 2.44 bits per heavy atom. The maximum atomic E-state index is 12.5. The van der Waals surface area contributed by atoms with Gasteiger partial charge in [-0.15, -0.1) is 0 Å². The van der Waals surface area contributed by atoms with Gasteiger partial charge in [-0.3, -0.25) is 0 Å². The summed E-state index contributed by atoms with van der Waals surface area (Å²) in [5.41, 5.74) is 5.15. The molecule has 0 heterocycles. The molecule has 0 rings (SSSR count). The maximum absolute atomic E-state index is 12.5. The van der Waals surface area contributed by atoms with Crippen LogP contribution in [-0.4, -0.2) is 38.3 Å². The van der Waals surface area contributed by atoms with Gasteiger partial charge in [0.05, 0.1) is 0 Å². The van der Waals surface area contributed by atoms with E-state index in [1.165, 1.54) is 0 Å². The van der Waals surface area contributed by atoms with E-state index in [0.29, 0.717) is 19.5 Å². The van der Waals surface area contributed by atoms with Crippen LogP contribution in [0.3, 0.4) is 0 Å². The van der Waals surface area contributed by atoms with Gasteiger partial charge in [-0.05, 0) is 27.1 Å². The van der Waals surface area contributed by atoms with Gasteiger partial charge in [0.25, 0.3) is 0 Å². The van der Waals surface area contributed by atoms with Gasteiger partial charge in [0.15, 0.2) is 0 Å². The fraction of sp³-hybridized carbons (Fsp3) is 1.00. The fourth-order valence-electron chi connectivity index (χ4n) is 0.668. The van der Waals surface area contributed by atoms with E-state index in [0.717, 1.165) is 0 Å². The van der Waals surface area contributed by atoms with Crippen LogP contribution >= 0.6 is 0 Å². The van der Waals surface area contributed by atoms with Gasteiger partial charge in [0.1, 0.15) is 6.17 Å². The third-order valence-electron chi connectivity index (χ3n) is 1.04. The van der Waals surface area contributed by atoms with Crippen molar-refractivity contribution in [3.63, 3.8) is 0 Å². The van der Waals surface area contributed by atoms with Crippen LogP contribution in [0.1, 0.15) is 6.42 Å². The highest BCUT2D eigenvalue weighted by atomic mass is 19.1. The van der Waals surface area contributed by atoms with Crippen molar-refractivity contribution < 1.29 is 4.39 Å². The lowest BCUT2D eigenvalue weighted by molar-refractivity contribution is 0.238. The molecule has 0 aliphatic heterocycles. The monoisotopic (exact) mass is 134 g/mol. The average Bonchev–Trinajstić information content (AvgIpc) is 1.63. The Balaban J connectivity index is 3.15. The molecule has 3 heteroatoms. The molecule has 1 unspecified atom stereocenters. The number of nitrogens with two attached hydrogens (primary N) is 1. The van der Waals surface area contributed by atoms with Crippen molar-refractivity contribution in [3.05, 3.63) is 0 Å². The van der Waals surface area contributed by atoms with Crippen molar-refractivity contribution in [2.75, 3.05) is 27.2 Å². The van der Waals surface area contributed by atoms with E-state index in [9.17, 15) is 4.39 Å². The molecule has 0 saturated heterocycles. The lowest BCUT2D eigenvalue weighted by Gasteiger charge is -2.12. The van der Waals surface area contributed by atoms with Crippen molar-refractivity contribution in [2.45, 2.75) is 12.6 Å². The molecule has 0 radical (unpaired) electrons. The van der Waals surface area contributed by atoms with Crippen LogP contribution in [0, 0.1) is 0 Å². The van der Waals surface area contributed by atoms with Gasteiger partial charge in [-0.25, -0.2) is 4.39 Å². The highest BCUT2D eigenvalue weighted by molar-refractivity contribution is 4.58. The van der Waals surface area contributed by atoms with Crippen molar-refractivity contribution >= 4 is 0 Å². The fourth-order valence-corrected chi connectivity index (χ4v) is 0.668. The zero-order chi connectivity index (χ0) is 7.28. The predicted octanol–water partition coefficient (Wildman–Crippen LogP) is 0.235. The minimum atomic E-state index is -0.759. The number of alkyl halides is 1. The third-order valence-corrected chi connectivity index (χ3v) is 1.04. The summed E-state index contributed by atoms with van der Waals surface area (Å²) in [5.74, 6) is 0. The lowest BCUT2D eigenvalue weighted by Crippen LogP contribution is -2.24. The predicted molar refractivity (Wildman–Crippen MR) is 37.1 cm³/mol. The Labute approximate surface area is 55.8 Å². The molecule has 0 aliphatic rings. The van der Waals surface area contributed by atoms with E-state index in [2.05, 4.69) is 0 Å². The Bertz CT molecular complexity index is 66.1. The summed E-state index contributed by atoms with van der Waals surface area (Å²) in [6.07, 6.45) is -0.289. The maximum Gasteiger partial charge on any atom is 0.114 e. The first-order valence-corrected chi connectivity index (χ1v) is 3.15. The van der Waals surface area contributed by atoms with E-state index in [1.54, 1.807) is 0 Å². The smallest absolute Gasteiger partial charge is 0.114 e. The first-order valence-electron chi connectivity index (χ1n) is 3.15. The molecular weight excluding hydrogens is 119 g/mol. The summed E-state index contributed by atoms with van der Waals surface area (Å²) < 4.78 is 12.5. The number of nitrogens with zero attached hydrogens (tertiary/aromatic N) is 1. The van der Waals surface area contributed by atoms with Gasteiger partial charge >= 0.3 is 0 Å². The molecule has 0 aromatic carbocycles. The lowest BCUT2D eigenvalue weighted by atomic mass is 10.3. The molecule has 2 N–H and O–H groups in total. The zero-order valence-electron chi connectivity index (χ0n) is 6.10. The summed E-state index contributed by atoms with van der Waals surface area (Å²) in [6.45, 7) is 0.923. The number of hydrogen-bond acceptors (Lipinski definition) is 2. The Kier molecular flexibility index (Phi) is 4.62. The molecule has 0 aromatic rings. The Morgan fingerprint density at radius 2 is 2.11 bits per heavy atom. The van der Waals surface area contributed by atoms with E-state index < -0.39 is 6.17 Å². The second kappa shape index (κ2) is 4.70. The quantitative estimate of drug-likeness (QED) is 0.596. The standard InChI is InChI=1S/C6H15FN2/c1-9(2)5-6(7)3-4-8/h6H,3-5,8H2,1-2H3. The first kappa shape index (κ1) is 8.85. The minimum Gasteiger partial charge on any atom is -0.330 e. The molecule has 0 amide bonds. The van der Waals surface area contributed by atoms with E-state index in [4.69, 9.17) is 5.73 Å². The van der Waals surface area contributed by atoms with Crippen LogP contribution < -0.4 is 5.73 Å². The van der Waals surface area contributed by atoms with Crippen molar-refractivity contribution in [3.8, 4) is 0 Å². The normalized spacial score (nSPS) is 14.3. The SMILES string of the molecule is CN(C)CC(F)CCN.